The maximum Gasteiger partial charge on any atom is 0.220 e. The Kier molecular flexibility index (Phi) is 5.85. The molecule has 1 amide bonds. The molecule has 2 fully saturated rings. The number of carbonyl (C=O) groups is 1. The van der Waals surface area contributed by atoms with E-state index in [1.807, 2.05) is 0 Å². The molecule has 1 atom stereocenters. The number of aromatic nitrogens is 1. The van der Waals surface area contributed by atoms with Crippen molar-refractivity contribution in [2.45, 2.75) is 59.4 Å². The molecule has 2 N–H and O–H groups in total. The second kappa shape index (κ2) is 7.94. The van der Waals surface area contributed by atoms with Gasteiger partial charge in [-0.15, -0.1) is 11.3 Å². The first kappa shape index (κ1) is 19.1. The van der Waals surface area contributed by atoms with Gasteiger partial charge in [-0.2, -0.15) is 0 Å². The molecule has 7 heteroatoms. The molecule has 3 heterocycles. The van der Waals surface area contributed by atoms with E-state index in [9.17, 15) is 4.79 Å². The van der Waals surface area contributed by atoms with Crippen molar-refractivity contribution in [2.75, 3.05) is 26.2 Å². The number of amides is 1. The molecule has 0 bridgehead atoms. The van der Waals surface area contributed by atoms with Gasteiger partial charge in [-0.3, -0.25) is 4.79 Å². The molecule has 144 valence electrons. The van der Waals surface area contributed by atoms with Gasteiger partial charge in [-0.05, 0) is 32.6 Å². The van der Waals surface area contributed by atoms with Gasteiger partial charge >= 0.3 is 0 Å². The van der Waals surface area contributed by atoms with Crippen molar-refractivity contribution in [3.05, 3.63) is 15.6 Å². The minimum Gasteiger partial charge on any atom is -0.357 e. The summed E-state index contributed by atoms with van der Waals surface area (Å²) in [6.07, 6.45) is 2.87. The molecular formula is C19H31N5OS. The lowest BCUT2D eigenvalue weighted by atomic mass is 9.79. The zero-order chi connectivity index (χ0) is 18.7. The maximum absolute atomic E-state index is 11.7. The number of aryl methyl sites for hydroxylation is 1. The van der Waals surface area contributed by atoms with E-state index in [2.05, 4.69) is 43.2 Å². The van der Waals surface area contributed by atoms with Crippen molar-refractivity contribution >= 4 is 23.2 Å². The van der Waals surface area contributed by atoms with Crippen LogP contribution in [-0.2, 0) is 11.3 Å². The summed E-state index contributed by atoms with van der Waals surface area (Å²) in [7, 11) is 0. The Morgan fingerprint density at radius 3 is 2.92 bits per heavy atom. The first-order chi connectivity index (χ1) is 12.4. The van der Waals surface area contributed by atoms with Crippen LogP contribution < -0.4 is 10.6 Å². The molecule has 1 unspecified atom stereocenters. The number of rotatable bonds is 4. The van der Waals surface area contributed by atoms with Crippen LogP contribution in [0.1, 0.15) is 61.5 Å². The third-order valence-electron chi connectivity index (χ3n) is 5.28. The highest BCUT2D eigenvalue weighted by molar-refractivity contribution is 7.11. The van der Waals surface area contributed by atoms with Crippen LogP contribution in [0.5, 0.6) is 0 Å². The van der Waals surface area contributed by atoms with Crippen LogP contribution in [0.25, 0.3) is 0 Å². The zero-order valence-electron chi connectivity index (χ0n) is 16.4. The maximum atomic E-state index is 11.7. The second-order valence-corrected chi connectivity index (χ2v) is 9.14. The molecule has 0 radical (unpaired) electrons. The number of nitrogens with zero attached hydrogens (tertiary/aromatic N) is 3. The van der Waals surface area contributed by atoms with Gasteiger partial charge in [-0.1, -0.05) is 13.8 Å². The summed E-state index contributed by atoms with van der Waals surface area (Å²) in [5, 5.41) is 7.52. The third kappa shape index (κ3) is 4.19. The summed E-state index contributed by atoms with van der Waals surface area (Å²) < 4.78 is 0. The van der Waals surface area contributed by atoms with Gasteiger partial charge in [0.2, 0.25) is 5.91 Å². The Bertz CT molecular complexity index is 683. The summed E-state index contributed by atoms with van der Waals surface area (Å²) in [5.41, 5.74) is 1.27. The lowest BCUT2D eigenvalue weighted by Crippen LogP contribution is -2.51. The summed E-state index contributed by atoms with van der Waals surface area (Å²) in [5.74, 6) is 1.59. The molecule has 2 aliphatic heterocycles. The Balaban J connectivity index is 1.72. The van der Waals surface area contributed by atoms with Gasteiger partial charge in [0.1, 0.15) is 5.01 Å². The molecular weight excluding hydrogens is 346 g/mol. The number of thiazole rings is 1. The van der Waals surface area contributed by atoms with Gasteiger partial charge in [0.25, 0.3) is 0 Å². The number of likely N-dealkylation sites (tertiary alicyclic amines) is 1. The fraction of sp³-hybridized carbons (Fsp3) is 0.737. The number of nitrogens with one attached hydrogen (secondary N) is 2. The first-order valence-electron chi connectivity index (χ1n) is 9.68. The van der Waals surface area contributed by atoms with Crippen molar-refractivity contribution < 1.29 is 4.79 Å². The Hall–Kier alpha value is -1.63. The lowest BCUT2D eigenvalue weighted by Gasteiger charge is -2.40. The number of aliphatic imine (C=N–C) groups is 1. The van der Waals surface area contributed by atoms with Crippen LogP contribution in [0.3, 0.4) is 0 Å². The zero-order valence-corrected chi connectivity index (χ0v) is 17.2. The highest BCUT2D eigenvalue weighted by Crippen LogP contribution is 2.36. The van der Waals surface area contributed by atoms with E-state index >= 15 is 0 Å². The Labute approximate surface area is 160 Å². The minimum absolute atomic E-state index is 0.0775. The lowest BCUT2D eigenvalue weighted by molar-refractivity contribution is -0.119. The van der Waals surface area contributed by atoms with E-state index < -0.39 is 0 Å². The number of hydrogen-bond donors (Lipinski definition) is 2. The monoisotopic (exact) mass is 377 g/mol. The average Bonchev–Trinajstić information content (AvgIpc) is 3.14. The average molecular weight is 378 g/mol. The van der Waals surface area contributed by atoms with Gasteiger partial charge < -0.3 is 15.5 Å². The van der Waals surface area contributed by atoms with E-state index in [1.165, 1.54) is 10.6 Å². The van der Waals surface area contributed by atoms with Crippen LogP contribution in [0.4, 0.5) is 0 Å². The van der Waals surface area contributed by atoms with Crippen LogP contribution in [0.2, 0.25) is 0 Å². The largest absolute Gasteiger partial charge is 0.357 e. The molecule has 0 aromatic carbocycles. The predicted molar refractivity (Wildman–Crippen MR) is 107 cm³/mol. The molecule has 3 rings (SSSR count). The third-order valence-corrected chi connectivity index (χ3v) is 6.25. The second-order valence-electron chi connectivity index (χ2n) is 7.85. The van der Waals surface area contributed by atoms with Gasteiger partial charge in [0, 0.05) is 42.9 Å². The molecule has 26 heavy (non-hydrogen) atoms. The topological polar surface area (TPSA) is 69.6 Å². The van der Waals surface area contributed by atoms with Crippen LogP contribution in [0, 0.1) is 12.3 Å². The smallest absolute Gasteiger partial charge is 0.220 e. The first-order valence-corrected chi connectivity index (χ1v) is 10.5. The van der Waals surface area contributed by atoms with Crippen molar-refractivity contribution in [3.63, 3.8) is 0 Å². The quantitative estimate of drug-likeness (QED) is 0.625. The number of guanidine groups is 1. The number of piperidine rings is 1. The number of carbonyl (C=O) groups excluding carboxylic acids is 1. The molecule has 1 spiro atoms. The van der Waals surface area contributed by atoms with Crippen molar-refractivity contribution in [2.24, 2.45) is 10.4 Å². The summed E-state index contributed by atoms with van der Waals surface area (Å²) in [4.78, 5) is 25.0. The normalized spacial score (nSPS) is 23.8. The molecule has 1 aromatic heterocycles. The Morgan fingerprint density at radius 1 is 1.50 bits per heavy atom. The van der Waals surface area contributed by atoms with E-state index in [0.717, 1.165) is 50.0 Å². The fourth-order valence-corrected chi connectivity index (χ4v) is 5.08. The molecule has 6 nitrogen and oxygen atoms in total. The highest BCUT2D eigenvalue weighted by Gasteiger charge is 2.42. The fourth-order valence-electron chi connectivity index (χ4n) is 4.07. The van der Waals surface area contributed by atoms with Crippen LogP contribution in [0.15, 0.2) is 4.99 Å². The molecule has 2 saturated heterocycles. The highest BCUT2D eigenvalue weighted by atomic mass is 32.1. The molecule has 2 aliphatic rings. The molecule has 0 saturated carbocycles. The Morgan fingerprint density at radius 2 is 2.31 bits per heavy atom. The van der Waals surface area contributed by atoms with Crippen LogP contribution in [-0.4, -0.2) is 47.9 Å². The standard InChI is InChI=1S/C19H31N5OS/c1-5-20-18(21-10-16-23-17(13(2)3)14(4)26-16)24-8-6-7-19(12-24)9-15(25)22-11-19/h13H,5-12H2,1-4H3,(H,20,21)(H,22,25). The number of hydrogen-bond acceptors (Lipinski definition) is 4. The summed E-state index contributed by atoms with van der Waals surface area (Å²) in [6, 6.07) is 0. The van der Waals surface area contributed by atoms with Gasteiger partial charge in [0.05, 0.1) is 12.2 Å². The van der Waals surface area contributed by atoms with Crippen molar-refractivity contribution in [1.82, 2.24) is 20.5 Å². The van der Waals surface area contributed by atoms with E-state index in [1.54, 1.807) is 11.3 Å². The van der Waals surface area contributed by atoms with Gasteiger partial charge in [-0.25, -0.2) is 9.98 Å². The van der Waals surface area contributed by atoms with Crippen molar-refractivity contribution in [1.29, 1.82) is 0 Å². The van der Waals surface area contributed by atoms with Crippen LogP contribution >= 0.6 is 11.3 Å². The summed E-state index contributed by atoms with van der Waals surface area (Å²) >= 11 is 1.75. The van der Waals surface area contributed by atoms with E-state index in [4.69, 9.17) is 9.98 Å². The predicted octanol–water partition coefficient (Wildman–Crippen LogP) is 2.64. The molecule has 1 aromatic rings. The van der Waals surface area contributed by atoms with Gasteiger partial charge in [0.15, 0.2) is 5.96 Å². The SMILES string of the molecule is CCNC(=NCc1nc(C(C)C)c(C)s1)N1CCCC2(CNC(=O)C2)C1. The van der Waals surface area contributed by atoms with E-state index in [-0.39, 0.29) is 11.3 Å². The van der Waals surface area contributed by atoms with E-state index in [0.29, 0.717) is 18.9 Å². The molecule has 0 aliphatic carbocycles. The van der Waals surface area contributed by atoms with Crippen molar-refractivity contribution in [3.8, 4) is 0 Å². The summed E-state index contributed by atoms with van der Waals surface area (Å²) in [6.45, 7) is 12.7. The minimum atomic E-state index is 0.0775.